The quantitative estimate of drug-likeness (QED) is 0.502. The lowest BCUT2D eigenvalue weighted by atomic mass is 10.2. The Balaban J connectivity index is 1.56. The fourth-order valence-electron chi connectivity index (χ4n) is 3.40. The van der Waals surface area contributed by atoms with Crippen LogP contribution in [0, 0.1) is 6.92 Å². The Morgan fingerprint density at radius 2 is 1.94 bits per heavy atom. The molecule has 31 heavy (non-hydrogen) atoms. The van der Waals surface area contributed by atoms with Crippen molar-refractivity contribution < 1.29 is 4.74 Å². The second kappa shape index (κ2) is 8.49. The van der Waals surface area contributed by atoms with E-state index in [4.69, 9.17) is 14.7 Å². The molecule has 9 nitrogen and oxygen atoms in total. The molecule has 0 amide bonds. The van der Waals surface area contributed by atoms with E-state index in [0.29, 0.717) is 36.1 Å². The van der Waals surface area contributed by atoms with Gasteiger partial charge >= 0.3 is 0 Å². The molecule has 1 fully saturated rings. The zero-order chi connectivity index (χ0) is 21.0. The molecule has 1 aliphatic heterocycles. The first-order valence-electron chi connectivity index (χ1n) is 10.1. The Morgan fingerprint density at radius 1 is 1.10 bits per heavy atom. The number of nitrogens with zero attached hydrogens (tertiary/aromatic N) is 7. The second-order valence-corrected chi connectivity index (χ2v) is 7.25. The first kappa shape index (κ1) is 19.1. The van der Waals surface area contributed by atoms with Gasteiger partial charge in [-0.05, 0) is 24.6 Å². The van der Waals surface area contributed by atoms with E-state index in [1.54, 1.807) is 29.6 Å². The monoisotopic (exact) mass is 414 g/mol. The number of hydrogen-bond donors (Lipinski definition) is 1. The van der Waals surface area contributed by atoms with Crippen molar-refractivity contribution in [3.8, 4) is 0 Å². The maximum Gasteiger partial charge on any atom is 0.229 e. The number of rotatable bonds is 5. The van der Waals surface area contributed by atoms with Gasteiger partial charge in [0.15, 0.2) is 17.0 Å². The molecule has 1 aromatic carbocycles. The summed E-state index contributed by atoms with van der Waals surface area (Å²) in [6.45, 7) is 4.84. The Bertz CT molecular complexity index is 1210. The first-order chi connectivity index (χ1) is 15.3. The van der Waals surface area contributed by atoms with E-state index in [1.165, 1.54) is 5.56 Å². The van der Waals surface area contributed by atoms with E-state index in [9.17, 15) is 0 Å². The van der Waals surface area contributed by atoms with E-state index in [1.807, 2.05) is 24.3 Å². The summed E-state index contributed by atoms with van der Waals surface area (Å²) in [6, 6.07) is 11.9. The molecule has 156 valence electrons. The zero-order valence-corrected chi connectivity index (χ0v) is 17.1. The van der Waals surface area contributed by atoms with Crippen molar-refractivity contribution in [2.24, 2.45) is 5.10 Å². The van der Waals surface area contributed by atoms with Crippen LogP contribution in [-0.4, -0.2) is 57.1 Å². The van der Waals surface area contributed by atoms with Crippen LogP contribution in [0.5, 0.6) is 0 Å². The van der Waals surface area contributed by atoms with Gasteiger partial charge in [-0.15, -0.1) is 0 Å². The molecule has 0 aliphatic carbocycles. The topological polar surface area (TPSA) is 93.4 Å². The predicted molar refractivity (Wildman–Crippen MR) is 120 cm³/mol. The van der Waals surface area contributed by atoms with Crippen molar-refractivity contribution >= 4 is 34.8 Å². The van der Waals surface area contributed by atoms with Gasteiger partial charge in [0.2, 0.25) is 5.95 Å². The Labute approximate surface area is 179 Å². The standard InChI is InChI=1S/C22H22N8O/c1-16-3-2-4-17(13-16)14-25-30-15-24-19-20(26-18-5-7-23-8-6-18)27-22(28-21(19)30)29-9-11-31-12-10-29/h2-8,13-15H,9-12H2,1H3,(H,23,26,27,28). The summed E-state index contributed by atoms with van der Waals surface area (Å²) in [7, 11) is 0. The Kier molecular flexibility index (Phi) is 5.24. The van der Waals surface area contributed by atoms with Crippen LogP contribution in [0.25, 0.3) is 11.2 Å². The summed E-state index contributed by atoms with van der Waals surface area (Å²) in [5, 5.41) is 7.94. The maximum atomic E-state index is 5.48. The maximum absolute atomic E-state index is 5.48. The fraction of sp³-hybridized carbons (Fsp3) is 0.227. The van der Waals surface area contributed by atoms with E-state index in [-0.39, 0.29) is 0 Å². The number of aryl methyl sites for hydroxylation is 1. The minimum absolute atomic E-state index is 0.625. The normalized spacial score (nSPS) is 14.4. The number of imidazole rings is 1. The lowest BCUT2D eigenvalue weighted by Crippen LogP contribution is -2.37. The van der Waals surface area contributed by atoms with E-state index < -0.39 is 0 Å². The highest BCUT2D eigenvalue weighted by Gasteiger charge is 2.19. The SMILES string of the molecule is Cc1cccc(C=Nn2cnc3c(Nc4ccncc4)nc(N4CCOCC4)nc32)c1. The highest BCUT2D eigenvalue weighted by molar-refractivity contribution is 5.87. The smallest absolute Gasteiger partial charge is 0.229 e. The van der Waals surface area contributed by atoms with Gasteiger partial charge in [0.05, 0.1) is 19.4 Å². The molecule has 4 aromatic rings. The third kappa shape index (κ3) is 4.22. The molecule has 3 aromatic heterocycles. The van der Waals surface area contributed by atoms with Crippen LogP contribution in [0.2, 0.25) is 0 Å². The molecule has 0 saturated carbocycles. The number of anilines is 3. The number of hydrogen-bond acceptors (Lipinski definition) is 8. The largest absolute Gasteiger partial charge is 0.378 e. The van der Waals surface area contributed by atoms with Crippen molar-refractivity contribution in [2.75, 3.05) is 36.5 Å². The molecule has 1 saturated heterocycles. The summed E-state index contributed by atoms with van der Waals surface area (Å²) in [5.74, 6) is 1.25. The van der Waals surface area contributed by atoms with Crippen LogP contribution in [0.3, 0.4) is 0 Å². The molecule has 0 spiro atoms. The van der Waals surface area contributed by atoms with Crippen molar-refractivity contribution in [1.82, 2.24) is 24.6 Å². The van der Waals surface area contributed by atoms with Gasteiger partial charge in [0, 0.05) is 31.2 Å². The molecule has 4 heterocycles. The highest BCUT2D eigenvalue weighted by atomic mass is 16.5. The average Bonchev–Trinajstić information content (AvgIpc) is 3.22. The lowest BCUT2D eigenvalue weighted by molar-refractivity contribution is 0.122. The van der Waals surface area contributed by atoms with Crippen molar-refractivity contribution in [3.05, 3.63) is 66.2 Å². The number of nitrogens with one attached hydrogen (secondary N) is 1. The van der Waals surface area contributed by atoms with Crippen LogP contribution in [0.15, 0.2) is 60.2 Å². The van der Waals surface area contributed by atoms with Crippen molar-refractivity contribution in [1.29, 1.82) is 0 Å². The van der Waals surface area contributed by atoms with Gasteiger partial charge in [0.25, 0.3) is 0 Å². The average molecular weight is 414 g/mol. The summed E-state index contributed by atoms with van der Waals surface area (Å²) in [5.41, 5.74) is 4.35. The van der Waals surface area contributed by atoms with Gasteiger partial charge in [0.1, 0.15) is 6.33 Å². The third-order valence-electron chi connectivity index (χ3n) is 4.98. The molecule has 5 rings (SSSR count). The number of fused-ring (bicyclic) bond motifs is 1. The second-order valence-electron chi connectivity index (χ2n) is 7.25. The van der Waals surface area contributed by atoms with Crippen LogP contribution in [-0.2, 0) is 4.74 Å². The number of benzene rings is 1. The highest BCUT2D eigenvalue weighted by Crippen LogP contribution is 2.25. The van der Waals surface area contributed by atoms with Crippen molar-refractivity contribution in [2.45, 2.75) is 6.92 Å². The first-order valence-corrected chi connectivity index (χ1v) is 10.1. The molecule has 0 atom stereocenters. The summed E-state index contributed by atoms with van der Waals surface area (Å²) < 4.78 is 7.16. The minimum atomic E-state index is 0.625. The number of morpholine rings is 1. The predicted octanol–water partition coefficient (Wildman–Crippen LogP) is 2.99. The van der Waals surface area contributed by atoms with Crippen LogP contribution in [0.1, 0.15) is 11.1 Å². The number of aromatic nitrogens is 5. The van der Waals surface area contributed by atoms with Gasteiger partial charge in [-0.2, -0.15) is 15.1 Å². The Hall–Kier alpha value is -3.85. The lowest BCUT2D eigenvalue weighted by Gasteiger charge is -2.27. The van der Waals surface area contributed by atoms with Crippen LogP contribution < -0.4 is 10.2 Å². The Morgan fingerprint density at radius 3 is 2.74 bits per heavy atom. The molecule has 1 N–H and O–H groups in total. The third-order valence-corrected chi connectivity index (χ3v) is 4.98. The van der Waals surface area contributed by atoms with E-state index >= 15 is 0 Å². The molecular formula is C22H22N8O. The van der Waals surface area contributed by atoms with Gasteiger partial charge in [-0.25, -0.2) is 9.66 Å². The minimum Gasteiger partial charge on any atom is -0.378 e. The fourth-order valence-corrected chi connectivity index (χ4v) is 3.40. The number of ether oxygens (including phenoxy) is 1. The van der Waals surface area contributed by atoms with E-state index in [0.717, 1.165) is 24.3 Å². The van der Waals surface area contributed by atoms with Gasteiger partial charge in [-0.3, -0.25) is 4.98 Å². The summed E-state index contributed by atoms with van der Waals surface area (Å²) in [4.78, 5) is 20.3. The number of pyridine rings is 1. The van der Waals surface area contributed by atoms with Crippen molar-refractivity contribution in [3.63, 3.8) is 0 Å². The summed E-state index contributed by atoms with van der Waals surface area (Å²) in [6.07, 6.45) is 6.93. The molecular weight excluding hydrogens is 392 g/mol. The van der Waals surface area contributed by atoms with Gasteiger partial charge < -0.3 is 15.0 Å². The summed E-state index contributed by atoms with van der Waals surface area (Å²) >= 11 is 0. The molecule has 1 aliphatic rings. The van der Waals surface area contributed by atoms with Crippen LogP contribution in [0.4, 0.5) is 17.5 Å². The molecule has 0 bridgehead atoms. The zero-order valence-electron chi connectivity index (χ0n) is 17.1. The molecule has 9 heteroatoms. The van der Waals surface area contributed by atoms with Gasteiger partial charge in [-0.1, -0.05) is 29.8 Å². The molecule has 0 radical (unpaired) electrons. The van der Waals surface area contributed by atoms with Crippen LogP contribution >= 0.6 is 0 Å². The molecule has 0 unspecified atom stereocenters. The van der Waals surface area contributed by atoms with E-state index in [2.05, 4.69) is 44.3 Å².